The highest BCUT2D eigenvalue weighted by Crippen LogP contribution is 2.26. The predicted octanol–water partition coefficient (Wildman–Crippen LogP) is 4.57. The smallest absolute Gasteiger partial charge is 0.224 e. The molecule has 1 aromatic carbocycles. The lowest BCUT2D eigenvalue weighted by Gasteiger charge is -2.22. The minimum atomic E-state index is 0.0934. The molecule has 0 atom stereocenters. The number of nitrogens with zero attached hydrogens (tertiary/aromatic N) is 5. The zero-order valence-corrected chi connectivity index (χ0v) is 20.0. The molecule has 1 fully saturated rings. The Balaban J connectivity index is 1.30. The molecule has 1 saturated heterocycles. The molecule has 0 N–H and O–H groups in total. The van der Waals surface area contributed by atoms with Crippen molar-refractivity contribution >= 4 is 39.7 Å². The Bertz CT molecular complexity index is 1050. The van der Waals surface area contributed by atoms with Gasteiger partial charge in [-0.05, 0) is 18.6 Å². The molecule has 4 rings (SSSR count). The predicted molar refractivity (Wildman–Crippen MR) is 127 cm³/mol. The zero-order valence-electron chi connectivity index (χ0n) is 18.5. The van der Waals surface area contributed by atoms with E-state index in [2.05, 4.69) is 36.1 Å². The molecule has 1 aliphatic rings. The van der Waals surface area contributed by atoms with E-state index in [1.807, 2.05) is 27.8 Å². The van der Waals surface area contributed by atoms with Gasteiger partial charge in [0.1, 0.15) is 0 Å². The summed E-state index contributed by atoms with van der Waals surface area (Å²) in [5.41, 5.74) is 2.20. The van der Waals surface area contributed by atoms with E-state index in [0.29, 0.717) is 18.0 Å². The summed E-state index contributed by atoms with van der Waals surface area (Å²) in [4.78, 5) is 22.1. The number of rotatable bonds is 5. The average Bonchev–Trinajstić information content (AvgIpc) is 3.29. The number of thiazole rings is 1. The number of halogens is 1. The van der Waals surface area contributed by atoms with Crippen LogP contribution in [0.3, 0.4) is 0 Å². The Morgan fingerprint density at radius 3 is 2.81 bits per heavy atom. The number of fused-ring (bicyclic) bond motifs is 1. The molecule has 0 aliphatic carbocycles. The molecule has 0 radical (unpaired) electrons. The molecule has 2 aromatic heterocycles. The fraction of sp³-hybridized carbons (Fsp3) is 0.522. The Kier molecular flexibility index (Phi) is 6.65. The molecule has 0 unspecified atom stereocenters. The highest BCUT2D eigenvalue weighted by Gasteiger charge is 2.22. The highest BCUT2D eigenvalue weighted by molar-refractivity contribution is 7.09. The van der Waals surface area contributed by atoms with Crippen molar-refractivity contribution < 1.29 is 4.79 Å². The standard InChI is InChI=1S/C23H30ClN5OS/c1-23(2,3)22-26-17(16-31-22)15-27-9-5-10-28(13-12-27)21(30)8-11-29-20-7-4-6-19(24)18(20)14-25-29/h4,6-7,14,16H,5,8-13,15H2,1-3H3. The number of carbonyl (C=O) groups is 1. The molecule has 31 heavy (non-hydrogen) atoms. The summed E-state index contributed by atoms with van der Waals surface area (Å²) in [5, 5.41) is 9.40. The summed E-state index contributed by atoms with van der Waals surface area (Å²) in [6, 6.07) is 5.77. The summed E-state index contributed by atoms with van der Waals surface area (Å²) in [7, 11) is 0. The lowest BCUT2D eigenvalue weighted by molar-refractivity contribution is -0.131. The number of aromatic nitrogens is 3. The number of carbonyl (C=O) groups excluding carboxylic acids is 1. The van der Waals surface area contributed by atoms with Crippen LogP contribution >= 0.6 is 22.9 Å². The lowest BCUT2D eigenvalue weighted by Crippen LogP contribution is -2.35. The van der Waals surface area contributed by atoms with Gasteiger partial charge in [-0.1, -0.05) is 38.4 Å². The molecular formula is C23H30ClN5OS. The van der Waals surface area contributed by atoms with E-state index in [9.17, 15) is 4.79 Å². The van der Waals surface area contributed by atoms with Crippen molar-refractivity contribution in [3.63, 3.8) is 0 Å². The number of aryl methyl sites for hydroxylation is 1. The van der Waals surface area contributed by atoms with Crippen LogP contribution in [0.15, 0.2) is 29.8 Å². The Morgan fingerprint density at radius 2 is 2.03 bits per heavy atom. The first-order valence-corrected chi connectivity index (χ1v) is 12.1. The fourth-order valence-corrected chi connectivity index (χ4v) is 5.05. The third-order valence-corrected chi connectivity index (χ3v) is 7.34. The van der Waals surface area contributed by atoms with Gasteiger partial charge < -0.3 is 4.90 Å². The van der Waals surface area contributed by atoms with Gasteiger partial charge in [-0.2, -0.15) is 5.10 Å². The van der Waals surface area contributed by atoms with E-state index < -0.39 is 0 Å². The summed E-state index contributed by atoms with van der Waals surface area (Å²) in [6.07, 6.45) is 3.21. The number of hydrogen-bond donors (Lipinski definition) is 0. The second-order valence-electron chi connectivity index (χ2n) is 9.19. The monoisotopic (exact) mass is 459 g/mol. The molecule has 0 spiro atoms. The van der Waals surface area contributed by atoms with Crippen LogP contribution in [0.4, 0.5) is 0 Å². The van der Waals surface area contributed by atoms with E-state index in [0.717, 1.165) is 55.7 Å². The Labute approximate surface area is 192 Å². The Morgan fingerprint density at radius 1 is 1.19 bits per heavy atom. The molecule has 3 aromatic rings. The first kappa shape index (κ1) is 22.2. The maximum absolute atomic E-state index is 12.9. The quantitative estimate of drug-likeness (QED) is 0.560. The summed E-state index contributed by atoms with van der Waals surface area (Å²) in [6.45, 7) is 11.5. The molecule has 0 bridgehead atoms. The fourth-order valence-electron chi connectivity index (χ4n) is 3.94. The van der Waals surface area contributed by atoms with Crippen LogP contribution in [-0.4, -0.2) is 56.7 Å². The van der Waals surface area contributed by atoms with Crippen molar-refractivity contribution in [3.05, 3.63) is 45.5 Å². The second kappa shape index (κ2) is 9.27. The molecular weight excluding hydrogens is 430 g/mol. The van der Waals surface area contributed by atoms with Crippen LogP contribution in [0.25, 0.3) is 10.9 Å². The van der Waals surface area contributed by atoms with Gasteiger partial charge in [0, 0.05) is 55.3 Å². The van der Waals surface area contributed by atoms with Crippen molar-refractivity contribution in [2.24, 2.45) is 0 Å². The molecule has 1 amide bonds. The van der Waals surface area contributed by atoms with Gasteiger partial charge in [0.2, 0.25) is 5.91 Å². The minimum Gasteiger partial charge on any atom is -0.341 e. The third-order valence-electron chi connectivity index (χ3n) is 5.69. The largest absolute Gasteiger partial charge is 0.341 e. The first-order chi connectivity index (χ1) is 14.8. The van der Waals surface area contributed by atoms with E-state index >= 15 is 0 Å². The van der Waals surface area contributed by atoms with Crippen LogP contribution in [0.2, 0.25) is 5.02 Å². The number of amides is 1. The SMILES string of the molecule is CC(C)(C)c1nc(CN2CCCN(C(=O)CCn3ncc4c(Cl)cccc43)CC2)cs1. The molecule has 1 aliphatic heterocycles. The van der Waals surface area contributed by atoms with Crippen molar-refractivity contribution in [2.75, 3.05) is 26.2 Å². The van der Waals surface area contributed by atoms with E-state index in [1.54, 1.807) is 17.5 Å². The number of hydrogen-bond acceptors (Lipinski definition) is 5. The van der Waals surface area contributed by atoms with E-state index in [-0.39, 0.29) is 11.3 Å². The van der Waals surface area contributed by atoms with E-state index in [4.69, 9.17) is 16.6 Å². The average molecular weight is 460 g/mol. The third kappa shape index (κ3) is 5.27. The van der Waals surface area contributed by atoms with Gasteiger partial charge in [0.15, 0.2) is 0 Å². The van der Waals surface area contributed by atoms with Gasteiger partial charge in [-0.3, -0.25) is 14.4 Å². The molecule has 8 heteroatoms. The highest BCUT2D eigenvalue weighted by atomic mass is 35.5. The van der Waals surface area contributed by atoms with Crippen LogP contribution in [-0.2, 0) is 23.3 Å². The Hall–Kier alpha value is -1.96. The number of benzene rings is 1. The topological polar surface area (TPSA) is 54.3 Å². The van der Waals surface area contributed by atoms with Gasteiger partial charge in [0.05, 0.1) is 34.0 Å². The lowest BCUT2D eigenvalue weighted by atomic mass is 9.98. The summed E-state index contributed by atoms with van der Waals surface area (Å²) >= 11 is 7.97. The maximum atomic E-state index is 12.9. The first-order valence-electron chi connectivity index (χ1n) is 10.9. The maximum Gasteiger partial charge on any atom is 0.224 e. The molecule has 6 nitrogen and oxygen atoms in total. The normalized spacial score (nSPS) is 16.1. The molecule has 166 valence electrons. The summed E-state index contributed by atoms with van der Waals surface area (Å²) < 4.78 is 1.87. The van der Waals surface area contributed by atoms with Crippen LogP contribution in [0.1, 0.15) is 44.3 Å². The summed E-state index contributed by atoms with van der Waals surface area (Å²) in [5.74, 6) is 0.191. The van der Waals surface area contributed by atoms with Crippen LogP contribution in [0, 0.1) is 0 Å². The van der Waals surface area contributed by atoms with Crippen LogP contribution in [0.5, 0.6) is 0 Å². The van der Waals surface area contributed by atoms with Gasteiger partial charge in [-0.25, -0.2) is 4.98 Å². The minimum absolute atomic E-state index is 0.0934. The zero-order chi connectivity index (χ0) is 22.0. The van der Waals surface area contributed by atoms with Gasteiger partial charge >= 0.3 is 0 Å². The molecule has 3 heterocycles. The molecule has 0 saturated carbocycles. The van der Waals surface area contributed by atoms with Crippen LogP contribution < -0.4 is 0 Å². The van der Waals surface area contributed by atoms with E-state index in [1.165, 1.54) is 5.01 Å². The van der Waals surface area contributed by atoms with Crippen molar-refractivity contribution in [3.8, 4) is 0 Å². The van der Waals surface area contributed by atoms with Gasteiger partial charge in [0.25, 0.3) is 0 Å². The van der Waals surface area contributed by atoms with Crippen molar-refractivity contribution in [1.29, 1.82) is 0 Å². The van der Waals surface area contributed by atoms with Gasteiger partial charge in [-0.15, -0.1) is 11.3 Å². The van der Waals surface area contributed by atoms with Crippen molar-refractivity contribution in [2.45, 2.75) is 52.1 Å². The second-order valence-corrected chi connectivity index (χ2v) is 10.5. The van der Waals surface area contributed by atoms with Crippen molar-refractivity contribution in [1.82, 2.24) is 24.6 Å².